The number of rotatable bonds is 6. The molecule has 1 aromatic rings. The first-order valence-electron chi connectivity index (χ1n) is 6.33. The van der Waals surface area contributed by atoms with Crippen molar-refractivity contribution in [2.24, 2.45) is 4.99 Å². The van der Waals surface area contributed by atoms with E-state index < -0.39 is 12.6 Å². The molecule has 0 aliphatic heterocycles. The Balaban J connectivity index is 2.15. The van der Waals surface area contributed by atoms with Gasteiger partial charge in [0.15, 0.2) is 5.96 Å². The molecule has 0 aliphatic rings. The van der Waals surface area contributed by atoms with Crippen molar-refractivity contribution in [3.8, 4) is 0 Å². The van der Waals surface area contributed by atoms with Gasteiger partial charge in [-0.3, -0.25) is 4.99 Å². The zero-order chi connectivity index (χ0) is 15.0. The molecule has 0 saturated carbocycles. The number of thiazole rings is 1. The second-order valence-corrected chi connectivity index (χ2v) is 5.22. The van der Waals surface area contributed by atoms with Gasteiger partial charge in [0.1, 0.15) is 0 Å². The van der Waals surface area contributed by atoms with Crippen LogP contribution in [0.1, 0.15) is 23.5 Å². The number of hydrogen-bond acceptors (Lipinski definition) is 3. The summed E-state index contributed by atoms with van der Waals surface area (Å²) in [5, 5.41) is 8.69. The number of nitrogens with zero attached hydrogens (tertiary/aromatic N) is 2. The summed E-state index contributed by atoms with van der Waals surface area (Å²) < 4.78 is 36.0. The van der Waals surface area contributed by atoms with Crippen molar-refractivity contribution in [1.29, 1.82) is 0 Å². The topological polar surface area (TPSA) is 49.3 Å². The van der Waals surface area contributed by atoms with Gasteiger partial charge in [0.2, 0.25) is 0 Å². The van der Waals surface area contributed by atoms with E-state index in [0.717, 1.165) is 23.5 Å². The first kappa shape index (κ1) is 16.7. The van der Waals surface area contributed by atoms with Crippen LogP contribution in [0.3, 0.4) is 0 Å². The second-order valence-electron chi connectivity index (χ2n) is 4.28. The van der Waals surface area contributed by atoms with Crippen molar-refractivity contribution in [2.45, 2.75) is 32.4 Å². The Labute approximate surface area is 120 Å². The molecule has 2 N–H and O–H groups in total. The number of guanidine groups is 1. The Kier molecular flexibility index (Phi) is 6.77. The zero-order valence-electron chi connectivity index (χ0n) is 11.5. The maximum Gasteiger partial charge on any atom is 0.390 e. The SMILES string of the molecule is CN=C(NCCCc1nc(C)cs1)NCCC(F)(F)F. The molecule has 0 radical (unpaired) electrons. The summed E-state index contributed by atoms with van der Waals surface area (Å²) in [6.07, 6.45) is -3.31. The minimum Gasteiger partial charge on any atom is -0.356 e. The minimum absolute atomic E-state index is 0.172. The summed E-state index contributed by atoms with van der Waals surface area (Å²) in [5.74, 6) is 0.393. The molecule has 0 saturated heterocycles. The van der Waals surface area contributed by atoms with E-state index in [-0.39, 0.29) is 6.54 Å². The van der Waals surface area contributed by atoms with Gasteiger partial charge in [-0.15, -0.1) is 11.3 Å². The molecule has 0 aliphatic carbocycles. The van der Waals surface area contributed by atoms with Crippen molar-refractivity contribution in [1.82, 2.24) is 15.6 Å². The summed E-state index contributed by atoms with van der Waals surface area (Å²) in [5.41, 5.74) is 1.02. The molecule has 0 bridgehead atoms. The molecule has 114 valence electrons. The van der Waals surface area contributed by atoms with E-state index in [9.17, 15) is 13.2 Å². The molecule has 4 nitrogen and oxygen atoms in total. The van der Waals surface area contributed by atoms with E-state index in [1.807, 2.05) is 12.3 Å². The smallest absolute Gasteiger partial charge is 0.356 e. The molecular weight excluding hydrogens is 289 g/mol. The van der Waals surface area contributed by atoms with Crippen LogP contribution in [0.25, 0.3) is 0 Å². The highest BCUT2D eigenvalue weighted by Crippen LogP contribution is 2.18. The van der Waals surface area contributed by atoms with E-state index in [0.29, 0.717) is 12.5 Å². The fourth-order valence-corrected chi connectivity index (χ4v) is 2.33. The highest BCUT2D eigenvalue weighted by atomic mass is 32.1. The van der Waals surface area contributed by atoms with Crippen molar-refractivity contribution in [2.75, 3.05) is 20.1 Å². The first-order valence-corrected chi connectivity index (χ1v) is 7.21. The van der Waals surface area contributed by atoms with Gasteiger partial charge in [0, 0.05) is 37.6 Å². The Hall–Kier alpha value is -1.31. The lowest BCUT2D eigenvalue weighted by Crippen LogP contribution is -2.39. The Morgan fingerprint density at radius 3 is 2.60 bits per heavy atom. The van der Waals surface area contributed by atoms with Gasteiger partial charge in [-0.05, 0) is 13.3 Å². The average Bonchev–Trinajstić information content (AvgIpc) is 2.76. The van der Waals surface area contributed by atoms with Crippen LogP contribution in [0.15, 0.2) is 10.4 Å². The molecule has 8 heteroatoms. The quantitative estimate of drug-likeness (QED) is 0.482. The van der Waals surface area contributed by atoms with Crippen molar-refractivity contribution < 1.29 is 13.2 Å². The summed E-state index contributed by atoms with van der Waals surface area (Å²) in [6, 6.07) is 0. The van der Waals surface area contributed by atoms with Gasteiger partial charge in [-0.1, -0.05) is 0 Å². The van der Waals surface area contributed by atoms with Gasteiger partial charge in [0.05, 0.1) is 11.4 Å². The lowest BCUT2D eigenvalue weighted by atomic mass is 10.3. The van der Waals surface area contributed by atoms with E-state index in [1.165, 1.54) is 7.05 Å². The normalized spacial score (nSPS) is 12.6. The average molecular weight is 308 g/mol. The maximum atomic E-state index is 12.0. The van der Waals surface area contributed by atoms with Gasteiger partial charge < -0.3 is 10.6 Å². The third-order valence-electron chi connectivity index (χ3n) is 2.45. The molecule has 1 heterocycles. The molecule has 0 unspecified atom stereocenters. The number of hydrogen-bond donors (Lipinski definition) is 2. The largest absolute Gasteiger partial charge is 0.390 e. The second kappa shape index (κ2) is 8.08. The van der Waals surface area contributed by atoms with E-state index in [1.54, 1.807) is 11.3 Å². The molecule has 0 aromatic carbocycles. The van der Waals surface area contributed by atoms with Gasteiger partial charge >= 0.3 is 6.18 Å². The zero-order valence-corrected chi connectivity index (χ0v) is 12.4. The minimum atomic E-state index is -4.14. The van der Waals surface area contributed by atoms with Crippen LogP contribution >= 0.6 is 11.3 Å². The van der Waals surface area contributed by atoms with E-state index in [2.05, 4.69) is 20.6 Å². The lowest BCUT2D eigenvalue weighted by molar-refractivity contribution is -0.132. The van der Waals surface area contributed by atoms with E-state index in [4.69, 9.17) is 0 Å². The van der Waals surface area contributed by atoms with Crippen LogP contribution in [-0.4, -0.2) is 37.3 Å². The summed E-state index contributed by atoms with van der Waals surface area (Å²) >= 11 is 1.62. The molecular formula is C12H19F3N4S. The first-order chi connectivity index (χ1) is 9.40. The molecule has 0 spiro atoms. The van der Waals surface area contributed by atoms with Crippen LogP contribution < -0.4 is 10.6 Å². The molecule has 0 atom stereocenters. The molecule has 0 fully saturated rings. The van der Waals surface area contributed by atoms with Crippen LogP contribution in [0.5, 0.6) is 0 Å². The van der Waals surface area contributed by atoms with E-state index >= 15 is 0 Å². The third-order valence-corrected chi connectivity index (χ3v) is 3.48. The maximum absolute atomic E-state index is 12.0. The summed E-state index contributed by atoms with van der Waals surface area (Å²) in [4.78, 5) is 8.21. The number of aromatic nitrogens is 1. The highest BCUT2D eigenvalue weighted by molar-refractivity contribution is 7.09. The predicted octanol–water partition coefficient (Wildman–Crippen LogP) is 2.50. The number of aliphatic imine (C=N–C) groups is 1. The Morgan fingerprint density at radius 2 is 2.05 bits per heavy atom. The predicted molar refractivity (Wildman–Crippen MR) is 75.2 cm³/mol. The van der Waals surface area contributed by atoms with Crippen LogP contribution in [0, 0.1) is 6.92 Å². The lowest BCUT2D eigenvalue weighted by Gasteiger charge is -2.12. The third kappa shape index (κ3) is 7.32. The van der Waals surface area contributed by atoms with Crippen molar-refractivity contribution in [3.63, 3.8) is 0 Å². The number of alkyl halides is 3. The summed E-state index contributed by atoms with van der Waals surface area (Å²) in [7, 11) is 1.53. The van der Waals surface area contributed by atoms with Crippen LogP contribution in [0.2, 0.25) is 0 Å². The molecule has 1 aromatic heterocycles. The van der Waals surface area contributed by atoms with Crippen LogP contribution in [-0.2, 0) is 6.42 Å². The monoisotopic (exact) mass is 308 g/mol. The Bertz CT molecular complexity index is 429. The molecule has 20 heavy (non-hydrogen) atoms. The number of aryl methyl sites for hydroxylation is 2. The standard InChI is InChI=1S/C12H19F3N4S/c1-9-8-20-10(19-9)4-3-6-17-11(16-2)18-7-5-12(13,14)15/h8H,3-7H2,1-2H3,(H2,16,17,18). The summed E-state index contributed by atoms with van der Waals surface area (Å²) in [6.45, 7) is 2.42. The van der Waals surface area contributed by atoms with Crippen molar-refractivity contribution in [3.05, 3.63) is 16.1 Å². The van der Waals surface area contributed by atoms with Gasteiger partial charge in [-0.2, -0.15) is 13.2 Å². The van der Waals surface area contributed by atoms with Gasteiger partial charge in [0.25, 0.3) is 0 Å². The van der Waals surface area contributed by atoms with Crippen LogP contribution in [0.4, 0.5) is 13.2 Å². The van der Waals surface area contributed by atoms with Crippen molar-refractivity contribution >= 4 is 17.3 Å². The number of nitrogens with one attached hydrogen (secondary N) is 2. The number of halogens is 3. The van der Waals surface area contributed by atoms with Gasteiger partial charge in [-0.25, -0.2) is 4.98 Å². The fourth-order valence-electron chi connectivity index (χ4n) is 1.51. The Morgan fingerprint density at radius 1 is 1.35 bits per heavy atom. The molecule has 0 amide bonds. The molecule has 1 rings (SSSR count). The highest BCUT2D eigenvalue weighted by Gasteiger charge is 2.26. The fraction of sp³-hybridized carbons (Fsp3) is 0.667.